The highest BCUT2D eigenvalue weighted by Gasteiger charge is 2.45. The number of amides is 2. The monoisotopic (exact) mass is 427 g/mol. The molecule has 5 N–H and O–H groups in total. The van der Waals surface area contributed by atoms with Gasteiger partial charge in [0.25, 0.3) is 0 Å². The van der Waals surface area contributed by atoms with Crippen LogP contribution in [-0.2, 0) is 16.0 Å². The normalized spacial score (nSPS) is 19.3. The van der Waals surface area contributed by atoms with Crippen molar-refractivity contribution in [2.24, 2.45) is 16.8 Å². The number of anilines is 2. The third-order valence-corrected chi connectivity index (χ3v) is 5.54. The van der Waals surface area contributed by atoms with Crippen LogP contribution in [0.25, 0.3) is 0 Å². The molecule has 0 saturated heterocycles. The van der Waals surface area contributed by atoms with E-state index in [1.54, 1.807) is 35.3 Å². The first-order valence-corrected chi connectivity index (χ1v) is 10.2. The van der Waals surface area contributed by atoms with Crippen LogP contribution in [0, 0.1) is 5.92 Å². The number of fused-ring (bicyclic) bond motifs is 3. The molecule has 0 radical (unpaired) electrons. The minimum Gasteiger partial charge on any atom is -0.457 e. The maximum absolute atomic E-state index is 12.5. The van der Waals surface area contributed by atoms with Crippen LogP contribution in [-0.4, -0.2) is 23.7 Å². The Morgan fingerprint density at radius 3 is 2.47 bits per heavy atom. The summed E-state index contributed by atoms with van der Waals surface area (Å²) in [6.07, 6.45) is -0.560. The van der Waals surface area contributed by atoms with Crippen molar-refractivity contribution in [3.63, 3.8) is 0 Å². The van der Waals surface area contributed by atoms with Crippen molar-refractivity contribution in [2.75, 3.05) is 10.7 Å². The van der Waals surface area contributed by atoms with Gasteiger partial charge >= 0.3 is 0 Å². The summed E-state index contributed by atoms with van der Waals surface area (Å²) in [5, 5.41) is 9.25. The minimum absolute atomic E-state index is 0.148. The largest absolute Gasteiger partial charge is 0.457 e. The summed E-state index contributed by atoms with van der Waals surface area (Å²) in [7, 11) is 0. The molecule has 2 unspecified atom stereocenters. The molecule has 0 spiro atoms. The van der Waals surface area contributed by atoms with Crippen molar-refractivity contribution in [3.05, 3.63) is 83.9 Å². The van der Waals surface area contributed by atoms with Gasteiger partial charge in [-0.25, -0.2) is 5.01 Å². The number of hydrogen-bond acceptors (Lipinski definition) is 6. The minimum atomic E-state index is -0.816. The van der Waals surface area contributed by atoms with E-state index in [-0.39, 0.29) is 12.3 Å². The molecule has 5 rings (SSSR count). The SMILES string of the molecule is NC(=O)C1C(c2ccc(Oc3ccccc3)cc2)=NN2c3ccc(N)cc3CC(=O)NC12. The number of carbonyl (C=O) groups excluding carboxylic acids is 2. The molecule has 2 atom stereocenters. The van der Waals surface area contributed by atoms with Gasteiger partial charge in [-0.1, -0.05) is 18.2 Å². The summed E-state index contributed by atoms with van der Waals surface area (Å²) in [4.78, 5) is 25.0. The Hall–Kier alpha value is -4.33. The van der Waals surface area contributed by atoms with Gasteiger partial charge in [0.15, 0.2) is 0 Å². The van der Waals surface area contributed by atoms with Crippen LogP contribution in [0.3, 0.4) is 0 Å². The number of rotatable bonds is 4. The van der Waals surface area contributed by atoms with Crippen molar-refractivity contribution in [1.82, 2.24) is 5.32 Å². The summed E-state index contributed by atoms with van der Waals surface area (Å²) in [5.74, 6) is -0.236. The first kappa shape index (κ1) is 19.6. The summed E-state index contributed by atoms with van der Waals surface area (Å²) in [5.41, 5.74) is 14.9. The Balaban J connectivity index is 1.51. The number of carbonyl (C=O) groups is 2. The van der Waals surface area contributed by atoms with Gasteiger partial charge in [0.05, 0.1) is 17.8 Å². The van der Waals surface area contributed by atoms with Crippen molar-refractivity contribution in [3.8, 4) is 11.5 Å². The lowest BCUT2D eigenvalue weighted by molar-refractivity contribution is -0.122. The molecule has 32 heavy (non-hydrogen) atoms. The van der Waals surface area contributed by atoms with Crippen molar-refractivity contribution < 1.29 is 14.3 Å². The second kappa shape index (κ2) is 7.73. The predicted molar refractivity (Wildman–Crippen MR) is 121 cm³/mol. The summed E-state index contributed by atoms with van der Waals surface area (Å²) >= 11 is 0. The van der Waals surface area contributed by atoms with Crippen molar-refractivity contribution in [1.29, 1.82) is 0 Å². The van der Waals surface area contributed by atoms with Gasteiger partial charge < -0.3 is 21.5 Å². The maximum atomic E-state index is 12.5. The smallest absolute Gasteiger partial charge is 0.230 e. The summed E-state index contributed by atoms with van der Waals surface area (Å²) < 4.78 is 5.84. The molecule has 2 amide bonds. The Bertz CT molecular complexity index is 1220. The van der Waals surface area contributed by atoms with Gasteiger partial charge in [0.1, 0.15) is 23.6 Å². The quantitative estimate of drug-likeness (QED) is 0.552. The summed E-state index contributed by atoms with van der Waals surface area (Å²) in [6.45, 7) is 0. The van der Waals surface area contributed by atoms with E-state index in [0.29, 0.717) is 28.4 Å². The van der Waals surface area contributed by atoms with Crippen LogP contribution < -0.4 is 26.5 Å². The first-order valence-electron chi connectivity index (χ1n) is 10.2. The first-order chi connectivity index (χ1) is 15.5. The lowest BCUT2D eigenvalue weighted by Crippen LogP contribution is -2.51. The standard InChI is InChI=1S/C24H21N5O3/c25-16-8-11-19-15(12-16)13-20(30)27-24-21(23(26)31)22(28-29(19)24)14-6-9-18(10-7-14)32-17-4-2-1-3-5-17/h1-12,21,24H,13,25H2,(H2,26,31)(H,27,30). The van der Waals surface area contributed by atoms with E-state index in [4.69, 9.17) is 21.3 Å². The Labute approximate surface area is 184 Å². The van der Waals surface area contributed by atoms with Gasteiger partial charge in [0, 0.05) is 5.69 Å². The van der Waals surface area contributed by atoms with Gasteiger partial charge in [-0.05, 0) is 65.7 Å². The number of nitrogens with two attached hydrogens (primary N) is 2. The number of ether oxygens (including phenoxy) is 1. The predicted octanol–water partition coefficient (Wildman–Crippen LogP) is 2.39. The second-order valence-corrected chi connectivity index (χ2v) is 7.73. The molecule has 0 aromatic heterocycles. The molecule has 8 nitrogen and oxygen atoms in total. The molecule has 160 valence electrons. The number of primary amides is 1. The molecule has 0 saturated carbocycles. The molecular weight excluding hydrogens is 406 g/mol. The third-order valence-electron chi connectivity index (χ3n) is 5.54. The van der Waals surface area contributed by atoms with E-state index >= 15 is 0 Å². The Kier molecular flexibility index (Phi) is 4.74. The molecule has 0 aliphatic carbocycles. The number of para-hydroxylation sites is 1. The Morgan fingerprint density at radius 1 is 1.03 bits per heavy atom. The molecule has 0 fully saturated rings. The van der Waals surface area contributed by atoms with Gasteiger partial charge in [-0.15, -0.1) is 0 Å². The lowest BCUT2D eigenvalue weighted by Gasteiger charge is -2.25. The van der Waals surface area contributed by atoms with E-state index in [2.05, 4.69) is 5.32 Å². The van der Waals surface area contributed by atoms with E-state index in [1.165, 1.54) is 0 Å². The third kappa shape index (κ3) is 3.51. The average molecular weight is 427 g/mol. The zero-order chi connectivity index (χ0) is 22.2. The molecule has 2 heterocycles. The lowest BCUT2D eigenvalue weighted by atomic mass is 9.94. The van der Waals surface area contributed by atoms with Crippen LogP contribution in [0.1, 0.15) is 11.1 Å². The highest BCUT2D eigenvalue weighted by Crippen LogP contribution is 2.35. The van der Waals surface area contributed by atoms with Crippen molar-refractivity contribution in [2.45, 2.75) is 12.6 Å². The maximum Gasteiger partial charge on any atom is 0.230 e. The van der Waals surface area contributed by atoms with Crippen LogP contribution >= 0.6 is 0 Å². The zero-order valence-electron chi connectivity index (χ0n) is 17.1. The fourth-order valence-corrected chi connectivity index (χ4v) is 4.08. The molecule has 0 bridgehead atoms. The molecule has 3 aromatic rings. The number of nitrogen functional groups attached to an aromatic ring is 1. The van der Waals surface area contributed by atoms with Crippen LogP contribution in [0.15, 0.2) is 77.9 Å². The van der Waals surface area contributed by atoms with Gasteiger partial charge in [-0.3, -0.25) is 9.59 Å². The number of hydrogen-bond donors (Lipinski definition) is 3. The van der Waals surface area contributed by atoms with E-state index in [9.17, 15) is 9.59 Å². The molecule has 8 heteroatoms. The highest BCUT2D eigenvalue weighted by atomic mass is 16.5. The number of nitrogens with zero attached hydrogens (tertiary/aromatic N) is 2. The molecular formula is C24H21N5O3. The molecule has 3 aromatic carbocycles. The van der Waals surface area contributed by atoms with Gasteiger partial charge in [-0.2, -0.15) is 5.10 Å². The highest BCUT2D eigenvalue weighted by molar-refractivity contribution is 6.15. The topological polar surface area (TPSA) is 123 Å². The van der Waals surface area contributed by atoms with Crippen LogP contribution in [0.4, 0.5) is 11.4 Å². The van der Waals surface area contributed by atoms with E-state index in [0.717, 1.165) is 11.3 Å². The van der Waals surface area contributed by atoms with Crippen molar-refractivity contribution >= 4 is 28.9 Å². The molecule has 2 aliphatic heterocycles. The van der Waals surface area contributed by atoms with Crippen LogP contribution in [0.5, 0.6) is 11.5 Å². The average Bonchev–Trinajstić information content (AvgIpc) is 3.08. The fourth-order valence-electron chi connectivity index (χ4n) is 4.08. The van der Waals surface area contributed by atoms with E-state index < -0.39 is 18.0 Å². The number of hydrazone groups is 1. The second-order valence-electron chi connectivity index (χ2n) is 7.73. The fraction of sp³-hybridized carbons (Fsp3) is 0.125. The number of nitrogens with one attached hydrogen (secondary N) is 1. The van der Waals surface area contributed by atoms with E-state index in [1.807, 2.05) is 42.5 Å². The zero-order valence-corrected chi connectivity index (χ0v) is 17.1. The molecule has 2 aliphatic rings. The Morgan fingerprint density at radius 2 is 1.75 bits per heavy atom. The summed E-state index contributed by atoms with van der Waals surface area (Å²) in [6, 6.07) is 22.0. The van der Waals surface area contributed by atoms with Crippen LogP contribution in [0.2, 0.25) is 0 Å². The number of benzene rings is 3. The van der Waals surface area contributed by atoms with Gasteiger partial charge in [0.2, 0.25) is 11.8 Å².